The van der Waals surface area contributed by atoms with Gasteiger partial charge in [0.2, 0.25) is 5.91 Å². The number of hydrogen-bond donors (Lipinski definition) is 1. The first-order valence-electron chi connectivity index (χ1n) is 7.14. The van der Waals surface area contributed by atoms with Gasteiger partial charge in [-0.25, -0.2) is 0 Å². The van der Waals surface area contributed by atoms with Gasteiger partial charge in [0.25, 0.3) is 11.1 Å². The SMILES string of the molecule is COc1cccc(NC(=O)[C@H](C)Sc2nnc(-c3cccs3)o2)c1. The summed E-state index contributed by atoms with van der Waals surface area (Å²) in [5, 5.41) is 12.8. The van der Waals surface area contributed by atoms with Gasteiger partial charge in [0, 0.05) is 11.8 Å². The van der Waals surface area contributed by atoms with Crippen LogP contribution in [0.3, 0.4) is 0 Å². The number of thioether (sulfide) groups is 1. The maximum atomic E-state index is 12.3. The van der Waals surface area contributed by atoms with E-state index in [9.17, 15) is 4.79 Å². The summed E-state index contributed by atoms with van der Waals surface area (Å²) >= 11 is 2.74. The van der Waals surface area contributed by atoms with Crippen LogP contribution < -0.4 is 10.1 Å². The Labute approximate surface area is 147 Å². The van der Waals surface area contributed by atoms with Gasteiger partial charge in [0.15, 0.2) is 0 Å². The van der Waals surface area contributed by atoms with E-state index in [-0.39, 0.29) is 11.2 Å². The molecule has 0 spiro atoms. The molecular formula is C16H15N3O3S2. The first-order chi connectivity index (χ1) is 11.7. The van der Waals surface area contributed by atoms with Gasteiger partial charge in [-0.15, -0.1) is 21.5 Å². The smallest absolute Gasteiger partial charge is 0.277 e. The van der Waals surface area contributed by atoms with E-state index in [1.807, 2.05) is 29.6 Å². The molecule has 0 aliphatic rings. The number of carbonyl (C=O) groups excluding carboxylic acids is 1. The van der Waals surface area contributed by atoms with Crippen molar-refractivity contribution < 1.29 is 13.9 Å². The van der Waals surface area contributed by atoms with Crippen molar-refractivity contribution >= 4 is 34.7 Å². The minimum Gasteiger partial charge on any atom is -0.497 e. The quantitative estimate of drug-likeness (QED) is 0.671. The standard InChI is InChI=1S/C16H15N3O3S2/c1-10(14(20)17-11-5-3-6-12(9-11)21-2)24-16-19-18-15(22-16)13-7-4-8-23-13/h3-10H,1-2H3,(H,17,20)/t10-/m0/s1. The molecule has 2 heterocycles. The summed E-state index contributed by atoms with van der Waals surface area (Å²) in [6, 6.07) is 11.0. The van der Waals surface area contributed by atoms with Gasteiger partial charge in [0.1, 0.15) is 5.75 Å². The summed E-state index contributed by atoms with van der Waals surface area (Å²) in [4.78, 5) is 13.2. The Morgan fingerprint density at radius 3 is 2.96 bits per heavy atom. The normalized spacial score (nSPS) is 11.9. The van der Waals surface area contributed by atoms with Gasteiger partial charge < -0.3 is 14.5 Å². The Bertz CT molecular complexity index is 818. The molecule has 0 aliphatic heterocycles. The van der Waals surface area contributed by atoms with Crippen LogP contribution in [0.25, 0.3) is 10.8 Å². The zero-order valence-electron chi connectivity index (χ0n) is 13.1. The molecule has 0 fully saturated rings. The van der Waals surface area contributed by atoms with Gasteiger partial charge in [0.05, 0.1) is 17.2 Å². The first kappa shape index (κ1) is 16.5. The number of nitrogens with one attached hydrogen (secondary N) is 1. The van der Waals surface area contributed by atoms with Crippen molar-refractivity contribution in [3.05, 3.63) is 41.8 Å². The summed E-state index contributed by atoms with van der Waals surface area (Å²) < 4.78 is 10.7. The molecule has 3 aromatic rings. The minimum atomic E-state index is -0.382. The molecule has 24 heavy (non-hydrogen) atoms. The molecule has 3 rings (SSSR count). The van der Waals surface area contributed by atoms with E-state index < -0.39 is 0 Å². The van der Waals surface area contributed by atoms with Gasteiger partial charge in [-0.05, 0) is 30.5 Å². The number of hydrogen-bond acceptors (Lipinski definition) is 7. The van der Waals surface area contributed by atoms with Crippen molar-refractivity contribution in [2.24, 2.45) is 0 Å². The third-order valence-electron chi connectivity index (χ3n) is 3.12. The predicted molar refractivity (Wildman–Crippen MR) is 94.6 cm³/mol. The van der Waals surface area contributed by atoms with Crippen molar-refractivity contribution in [3.63, 3.8) is 0 Å². The number of amides is 1. The van der Waals surface area contributed by atoms with E-state index in [4.69, 9.17) is 9.15 Å². The fourth-order valence-corrected chi connectivity index (χ4v) is 3.23. The highest BCUT2D eigenvalue weighted by Crippen LogP contribution is 2.29. The van der Waals surface area contributed by atoms with E-state index in [1.165, 1.54) is 23.1 Å². The Morgan fingerprint density at radius 2 is 2.21 bits per heavy atom. The number of nitrogens with zero attached hydrogens (tertiary/aromatic N) is 2. The largest absolute Gasteiger partial charge is 0.497 e. The second-order valence-corrected chi connectivity index (χ2v) is 7.07. The van der Waals surface area contributed by atoms with E-state index in [0.717, 1.165) is 4.88 Å². The zero-order valence-corrected chi connectivity index (χ0v) is 14.7. The van der Waals surface area contributed by atoms with Crippen molar-refractivity contribution in [2.75, 3.05) is 12.4 Å². The molecule has 0 unspecified atom stereocenters. The third kappa shape index (κ3) is 3.95. The van der Waals surface area contributed by atoms with E-state index in [1.54, 1.807) is 26.2 Å². The van der Waals surface area contributed by atoms with Gasteiger partial charge >= 0.3 is 0 Å². The Balaban J connectivity index is 1.61. The highest BCUT2D eigenvalue weighted by atomic mass is 32.2. The average molecular weight is 361 g/mol. The molecule has 0 saturated carbocycles. The number of aromatic nitrogens is 2. The summed E-state index contributed by atoms with van der Waals surface area (Å²) in [6.07, 6.45) is 0. The predicted octanol–water partition coefficient (Wildman–Crippen LogP) is 3.93. The van der Waals surface area contributed by atoms with E-state index in [0.29, 0.717) is 22.6 Å². The van der Waals surface area contributed by atoms with Gasteiger partial charge in [-0.2, -0.15) is 0 Å². The van der Waals surface area contributed by atoms with Gasteiger partial charge in [-0.1, -0.05) is 23.9 Å². The number of methoxy groups -OCH3 is 1. The fraction of sp³-hybridized carbons (Fsp3) is 0.188. The van der Waals surface area contributed by atoms with Crippen LogP contribution in [-0.2, 0) is 4.79 Å². The topological polar surface area (TPSA) is 77.2 Å². The molecule has 1 aromatic carbocycles. The molecule has 124 valence electrons. The lowest BCUT2D eigenvalue weighted by Gasteiger charge is -2.10. The van der Waals surface area contributed by atoms with Crippen LogP contribution in [0.4, 0.5) is 5.69 Å². The van der Waals surface area contributed by atoms with Crippen molar-refractivity contribution in [1.82, 2.24) is 10.2 Å². The lowest BCUT2D eigenvalue weighted by molar-refractivity contribution is -0.115. The molecule has 6 nitrogen and oxygen atoms in total. The molecule has 8 heteroatoms. The molecule has 0 aliphatic carbocycles. The molecule has 0 radical (unpaired) electrons. The molecule has 1 atom stereocenters. The lowest BCUT2D eigenvalue weighted by atomic mass is 10.3. The third-order valence-corrected chi connectivity index (χ3v) is 4.91. The van der Waals surface area contributed by atoms with Crippen LogP contribution in [0.1, 0.15) is 6.92 Å². The molecule has 1 N–H and O–H groups in total. The first-order valence-corrected chi connectivity index (χ1v) is 8.90. The lowest BCUT2D eigenvalue weighted by Crippen LogP contribution is -2.22. The van der Waals surface area contributed by atoms with Crippen molar-refractivity contribution in [1.29, 1.82) is 0 Å². The van der Waals surface area contributed by atoms with Gasteiger partial charge in [-0.3, -0.25) is 4.79 Å². The van der Waals surface area contributed by atoms with E-state index >= 15 is 0 Å². The average Bonchev–Trinajstić information content (AvgIpc) is 3.26. The van der Waals surface area contributed by atoms with Crippen molar-refractivity contribution in [3.8, 4) is 16.5 Å². The Morgan fingerprint density at radius 1 is 1.33 bits per heavy atom. The van der Waals surface area contributed by atoms with Crippen LogP contribution >= 0.6 is 23.1 Å². The number of rotatable bonds is 6. The number of thiophene rings is 1. The van der Waals surface area contributed by atoms with Crippen LogP contribution in [0, 0.1) is 0 Å². The van der Waals surface area contributed by atoms with Crippen LogP contribution in [0.5, 0.6) is 5.75 Å². The highest BCUT2D eigenvalue weighted by Gasteiger charge is 2.19. The second-order valence-electron chi connectivity index (χ2n) is 4.83. The van der Waals surface area contributed by atoms with E-state index in [2.05, 4.69) is 15.5 Å². The fourth-order valence-electron chi connectivity index (χ4n) is 1.91. The Hall–Kier alpha value is -2.32. The minimum absolute atomic E-state index is 0.149. The number of benzene rings is 1. The maximum absolute atomic E-state index is 12.3. The summed E-state index contributed by atoms with van der Waals surface area (Å²) in [5.41, 5.74) is 0.677. The van der Waals surface area contributed by atoms with Crippen molar-refractivity contribution in [2.45, 2.75) is 17.4 Å². The summed E-state index contributed by atoms with van der Waals surface area (Å²) in [6.45, 7) is 1.79. The highest BCUT2D eigenvalue weighted by molar-refractivity contribution is 8.00. The summed E-state index contributed by atoms with van der Waals surface area (Å²) in [7, 11) is 1.58. The molecule has 2 aromatic heterocycles. The second kappa shape index (κ2) is 7.50. The Kier molecular flexibility index (Phi) is 5.17. The van der Waals surface area contributed by atoms with Crippen LogP contribution in [0.2, 0.25) is 0 Å². The maximum Gasteiger partial charge on any atom is 0.277 e. The number of anilines is 1. The number of carbonyl (C=O) groups is 1. The molecular weight excluding hydrogens is 346 g/mol. The molecule has 1 amide bonds. The van der Waals surface area contributed by atoms with Crippen LogP contribution in [0.15, 0.2) is 51.4 Å². The summed E-state index contributed by atoms with van der Waals surface area (Å²) in [5.74, 6) is 1.00. The monoisotopic (exact) mass is 361 g/mol. The zero-order chi connectivity index (χ0) is 16.9. The number of ether oxygens (including phenoxy) is 1. The molecule has 0 saturated heterocycles. The van der Waals surface area contributed by atoms with Crippen LogP contribution in [-0.4, -0.2) is 28.5 Å². The molecule has 0 bridgehead atoms.